The molecular formula is C50H74N8O6. The van der Waals surface area contributed by atoms with Crippen LogP contribution in [0, 0.1) is 11.8 Å². The van der Waals surface area contributed by atoms with Crippen LogP contribution < -0.4 is 5.32 Å². The molecule has 1 aliphatic heterocycles. The second-order valence-electron chi connectivity index (χ2n) is 19.8. The molecule has 3 atom stereocenters. The lowest BCUT2D eigenvalue weighted by molar-refractivity contribution is -0.138. The molecule has 64 heavy (non-hydrogen) atoms. The molecule has 2 aromatic carbocycles. The number of nitrogens with one attached hydrogen (secondary N) is 2. The molecule has 1 unspecified atom stereocenters. The van der Waals surface area contributed by atoms with E-state index >= 15 is 0 Å². The van der Waals surface area contributed by atoms with Gasteiger partial charge in [-0.3, -0.25) is 24.4 Å². The zero-order valence-electron chi connectivity index (χ0n) is 40.7. The molecule has 1 aliphatic rings. The highest BCUT2D eigenvalue weighted by Gasteiger charge is 2.38. The van der Waals surface area contributed by atoms with Crippen LogP contribution in [0.4, 0.5) is 9.59 Å². The van der Waals surface area contributed by atoms with E-state index < -0.39 is 35.5 Å². The van der Waals surface area contributed by atoms with Gasteiger partial charge in [-0.05, 0) is 114 Å². The predicted molar refractivity (Wildman–Crippen MR) is 255 cm³/mol. The van der Waals surface area contributed by atoms with E-state index in [2.05, 4.69) is 63.4 Å². The molecule has 14 heteroatoms. The van der Waals surface area contributed by atoms with Crippen molar-refractivity contribution in [3.05, 3.63) is 72.3 Å². The van der Waals surface area contributed by atoms with Crippen LogP contribution in [0.2, 0.25) is 0 Å². The first-order valence-electron chi connectivity index (χ1n) is 22.6. The van der Waals surface area contributed by atoms with E-state index in [1.807, 2.05) is 92.5 Å². The van der Waals surface area contributed by atoms with Gasteiger partial charge in [0.1, 0.15) is 35.3 Å². The maximum Gasteiger partial charge on any atom is 0.410 e. The Kier molecular flexibility index (Phi) is 17.8. The molecule has 0 radical (unpaired) electrons. The Hall–Kier alpha value is -5.66. The van der Waals surface area contributed by atoms with E-state index in [0.29, 0.717) is 38.8 Å². The molecule has 0 aliphatic carbocycles. The van der Waals surface area contributed by atoms with Crippen LogP contribution in [0.1, 0.15) is 113 Å². The molecule has 14 nitrogen and oxygen atoms in total. The minimum Gasteiger partial charge on any atom is -0.444 e. The minimum atomic E-state index is -0.675. The number of ether oxygens (including phenoxy) is 2. The Bertz CT molecular complexity index is 2060. The van der Waals surface area contributed by atoms with E-state index in [0.717, 1.165) is 52.3 Å². The molecule has 4 amide bonds. The van der Waals surface area contributed by atoms with Crippen molar-refractivity contribution in [2.24, 2.45) is 16.8 Å². The zero-order chi connectivity index (χ0) is 47.5. The lowest BCUT2D eigenvalue weighted by Crippen LogP contribution is -2.54. The number of aryl methyl sites for hydroxylation is 1. The molecule has 3 aromatic rings. The highest BCUT2D eigenvalue weighted by atomic mass is 16.6. The summed E-state index contributed by atoms with van der Waals surface area (Å²) in [7, 11) is 5.05. The molecule has 0 spiro atoms. The summed E-state index contributed by atoms with van der Waals surface area (Å²) in [6.07, 6.45) is 6.20. The van der Waals surface area contributed by atoms with Crippen LogP contribution >= 0.6 is 0 Å². The SMILES string of the molecule is C=N/C=C(\NC1CCCN1C(=O)[C@H](CC(C)C)N(C)C(=O)OC(C)(C)C)c1ccc(-c2ccc(-c3cnc(CCCN(C)C(=O)[C@H](CC(C)C)N(C)C(=O)OC(C)(C)C)[nH]3)cc2)cc1. The number of likely N-dealkylation sites (tertiary alicyclic amines) is 1. The number of aromatic nitrogens is 2. The fourth-order valence-corrected chi connectivity index (χ4v) is 7.67. The number of aromatic amines is 1. The maximum absolute atomic E-state index is 14.1. The number of likely N-dealkylation sites (N-methyl/N-ethyl adjacent to an activating group) is 3. The van der Waals surface area contributed by atoms with Crippen molar-refractivity contribution in [1.82, 2.24) is 34.9 Å². The van der Waals surface area contributed by atoms with Crippen molar-refractivity contribution in [3.63, 3.8) is 0 Å². The molecule has 1 saturated heterocycles. The third-order valence-electron chi connectivity index (χ3n) is 11.0. The largest absolute Gasteiger partial charge is 0.444 e. The standard InChI is InChI=1S/C50H74N8O6/c1-33(2)29-41(56(13)47(61)63-49(5,6)7)45(59)55(12)27-15-17-43-52-32-40(53-43)38-25-21-36(22-26-38)35-19-23-37(24-20-35)39(31-51-11)54-44-18-16-28-58(44)46(60)42(30-34(3)4)57(14)48(62)64-50(8,9)10/h19-26,31-34,41-42,44,54H,11,15-18,27-30H2,1-10,12-14H3,(H,52,53)/b39-31-/t41-,42-,44?/m0/s1. The third kappa shape index (κ3) is 14.7. The van der Waals surface area contributed by atoms with Crippen molar-refractivity contribution in [2.75, 3.05) is 34.2 Å². The monoisotopic (exact) mass is 883 g/mol. The van der Waals surface area contributed by atoms with Crippen LogP contribution in [-0.2, 0) is 25.5 Å². The van der Waals surface area contributed by atoms with Gasteiger partial charge in [-0.1, -0.05) is 76.2 Å². The number of imidazole rings is 1. The quantitative estimate of drug-likeness (QED) is 0.120. The smallest absolute Gasteiger partial charge is 0.410 e. The molecule has 1 aromatic heterocycles. The van der Waals surface area contributed by atoms with Gasteiger partial charge >= 0.3 is 12.2 Å². The van der Waals surface area contributed by atoms with Crippen LogP contribution in [0.15, 0.2) is 65.9 Å². The normalized spacial score (nSPS) is 15.5. The topological polar surface area (TPSA) is 153 Å². The maximum atomic E-state index is 14.1. The van der Waals surface area contributed by atoms with Gasteiger partial charge in [0, 0.05) is 46.9 Å². The Morgan fingerprint density at radius 2 is 1.36 bits per heavy atom. The van der Waals surface area contributed by atoms with Crippen LogP contribution in [0.3, 0.4) is 0 Å². The summed E-state index contributed by atoms with van der Waals surface area (Å²) in [6, 6.07) is 15.2. The highest BCUT2D eigenvalue weighted by molar-refractivity contribution is 5.87. The zero-order valence-corrected chi connectivity index (χ0v) is 40.7. The van der Waals surface area contributed by atoms with Crippen molar-refractivity contribution >= 4 is 36.4 Å². The van der Waals surface area contributed by atoms with Gasteiger partial charge in [0.05, 0.1) is 17.6 Å². The number of hydrogen-bond acceptors (Lipinski definition) is 9. The van der Waals surface area contributed by atoms with Crippen LogP contribution in [-0.4, -0.2) is 124 Å². The van der Waals surface area contributed by atoms with Gasteiger partial charge in [0.2, 0.25) is 11.8 Å². The number of carbonyl (C=O) groups excluding carboxylic acids is 4. The van der Waals surface area contributed by atoms with Crippen molar-refractivity contribution in [1.29, 1.82) is 0 Å². The first kappa shape index (κ1) is 51.0. The van der Waals surface area contributed by atoms with Crippen molar-refractivity contribution < 1.29 is 28.7 Å². The summed E-state index contributed by atoms with van der Waals surface area (Å²) in [6.45, 7) is 23.9. The Balaban J connectivity index is 1.37. The predicted octanol–water partition coefficient (Wildman–Crippen LogP) is 9.24. The summed E-state index contributed by atoms with van der Waals surface area (Å²) in [4.78, 5) is 72.1. The number of H-pyrrole nitrogens is 1. The van der Waals surface area contributed by atoms with E-state index in [1.54, 1.807) is 32.2 Å². The summed E-state index contributed by atoms with van der Waals surface area (Å²) in [5.41, 5.74) is 4.32. The summed E-state index contributed by atoms with van der Waals surface area (Å²) in [5.74, 6) is 1.02. The average Bonchev–Trinajstić information content (AvgIpc) is 3.89. The van der Waals surface area contributed by atoms with Gasteiger partial charge in [-0.15, -0.1) is 0 Å². The Morgan fingerprint density at radius 3 is 1.89 bits per heavy atom. The number of nitrogens with zero attached hydrogens (tertiary/aromatic N) is 6. The average molecular weight is 883 g/mol. The lowest BCUT2D eigenvalue weighted by atomic mass is 10.0. The molecule has 1 fully saturated rings. The number of amides is 4. The molecule has 2 heterocycles. The fraction of sp³-hybridized carbons (Fsp3) is 0.560. The Morgan fingerprint density at radius 1 is 0.844 bits per heavy atom. The number of benzene rings is 2. The first-order valence-corrected chi connectivity index (χ1v) is 22.6. The number of hydrogen-bond donors (Lipinski definition) is 2. The molecule has 2 N–H and O–H groups in total. The van der Waals surface area contributed by atoms with Crippen LogP contribution in [0.5, 0.6) is 0 Å². The third-order valence-corrected chi connectivity index (χ3v) is 11.0. The highest BCUT2D eigenvalue weighted by Crippen LogP contribution is 2.28. The number of rotatable bonds is 18. The van der Waals surface area contributed by atoms with E-state index in [1.165, 1.54) is 9.80 Å². The lowest BCUT2D eigenvalue weighted by Gasteiger charge is -2.35. The second-order valence-corrected chi connectivity index (χ2v) is 19.8. The van der Waals surface area contributed by atoms with Crippen LogP contribution in [0.25, 0.3) is 28.1 Å². The van der Waals surface area contributed by atoms with E-state index in [-0.39, 0.29) is 29.8 Å². The van der Waals surface area contributed by atoms with Gasteiger partial charge in [0.15, 0.2) is 0 Å². The van der Waals surface area contributed by atoms with Crippen molar-refractivity contribution in [3.8, 4) is 22.4 Å². The van der Waals surface area contributed by atoms with E-state index in [4.69, 9.17) is 9.47 Å². The molecule has 0 bridgehead atoms. The molecule has 0 saturated carbocycles. The number of carbonyl (C=O) groups is 4. The minimum absolute atomic E-state index is 0.109. The summed E-state index contributed by atoms with van der Waals surface area (Å²) in [5, 5.41) is 3.57. The van der Waals surface area contributed by atoms with Gasteiger partial charge in [-0.2, -0.15) is 0 Å². The first-order chi connectivity index (χ1) is 30.0. The summed E-state index contributed by atoms with van der Waals surface area (Å²) >= 11 is 0. The second kappa shape index (κ2) is 22.3. The molecule has 4 rings (SSSR count). The van der Waals surface area contributed by atoms with Gasteiger partial charge < -0.3 is 29.6 Å². The molecular weight excluding hydrogens is 809 g/mol. The van der Waals surface area contributed by atoms with Gasteiger partial charge in [-0.25, -0.2) is 14.6 Å². The van der Waals surface area contributed by atoms with E-state index in [9.17, 15) is 19.2 Å². The number of aliphatic imine (C=N–C) groups is 1. The Labute approximate surface area is 381 Å². The van der Waals surface area contributed by atoms with Gasteiger partial charge in [0.25, 0.3) is 0 Å². The van der Waals surface area contributed by atoms with Crippen molar-refractivity contribution in [2.45, 2.75) is 137 Å². The summed E-state index contributed by atoms with van der Waals surface area (Å²) < 4.78 is 11.2. The molecule has 350 valence electrons. The fourth-order valence-electron chi connectivity index (χ4n) is 7.67.